The van der Waals surface area contributed by atoms with E-state index >= 15 is 0 Å². The molecule has 1 N–H and O–H groups in total. The third-order valence-electron chi connectivity index (χ3n) is 2.59. The molecule has 104 valence electrons. The van der Waals surface area contributed by atoms with Crippen LogP contribution < -0.4 is 0 Å². The number of nitrogens with zero attached hydrogens (tertiary/aromatic N) is 3. The number of hydrogen-bond donors (Lipinski definition) is 1. The van der Waals surface area contributed by atoms with Crippen LogP contribution in [-0.4, -0.2) is 20.0 Å². The van der Waals surface area contributed by atoms with Crippen LogP contribution in [0.4, 0.5) is 5.69 Å². The van der Waals surface area contributed by atoms with Crippen LogP contribution in [0.3, 0.4) is 0 Å². The molecule has 0 aliphatic heterocycles. The van der Waals surface area contributed by atoms with Crippen molar-refractivity contribution in [1.82, 2.24) is 9.97 Å². The van der Waals surface area contributed by atoms with Gasteiger partial charge in [0.15, 0.2) is 5.16 Å². The van der Waals surface area contributed by atoms with Crippen molar-refractivity contribution < 1.29 is 10.0 Å². The Hall–Kier alpha value is -1.99. The van der Waals surface area contributed by atoms with Gasteiger partial charge in [0, 0.05) is 22.3 Å². The molecule has 7 heteroatoms. The van der Waals surface area contributed by atoms with E-state index in [0.717, 1.165) is 16.3 Å². The van der Waals surface area contributed by atoms with Crippen LogP contribution >= 0.6 is 11.8 Å². The Kier molecular flexibility index (Phi) is 4.31. The molecule has 0 bridgehead atoms. The first-order chi connectivity index (χ1) is 9.49. The standard InChI is InChI=1S/C13H13N3O3S/c1-8-5-9(2)15-13(14-8)20-11-3-4-12(16(18)19)10(6-11)7-17/h3-6,17H,7H2,1-2H3. The third kappa shape index (κ3) is 3.31. The SMILES string of the molecule is Cc1cc(C)nc(Sc2ccc([N+](=O)[O-])c(CO)c2)n1. The largest absolute Gasteiger partial charge is 0.391 e. The van der Waals surface area contributed by atoms with Crippen molar-refractivity contribution in [3.63, 3.8) is 0 Å². The van der Waals surface area contributed by atoms with Crippen LogP contribution in [0, 0.1) is 24.0 Å². The minimum atomic E-state index is -0.507. The van der Waals surface area contributed by atoms with Crippen LogP contribution in [0.25, 0.3) is 0 Å². The molecule has 6 nitrogen and oxygen atoms in total. The lowest BCUT2D eigenvalue weighted by Gasteiger charge is -2.05. The summed E-state index contributed by atoms with van der Waals surface area (Å²) >= 11 is 1.31. The average molecular weight is 291 g/mol. The fraction of sp³-hybridized carbons (Fsp3) is 0.231. The van der Waals surface area contributed by atoms with E-state index in [-0.39, 0.29) is 17.9 Å². The summed E-state index contributed by atoms with van der Waals surface area (Å²) in [6.45, 7) is 3.39. The zero-order chi connectivity index (χ0) is 14.7. The normalized spacial score (nSPS) is 10.6. The van der Waals surface area contributed by atoms with Crippen molar-refractivity contribution in [2.45, 2.75) is 30.5 Å². The van der Waals surface area contributed by atoms with E-state index in [4.69, 9.17) is 0 Å². The van der Waals surface area contributed by atoms with E-state index in [9.17, 15) is 15.2 Å². The van der Waals surface area contributed by atoms with Crippen molar-refractivity contribution in [3.05, 3.63) is 51.3 Å². The number of aliphatic hydroxyl groups is 1. The van der Waals surface area contributed by atoms with Gasteiger partial charge in [-0.3, -0.25) is 10.1 Å². The zero-order valence-corrected chi connectivity index (χ0v) is 11.8. The Labute approximate surface area is 120 Å². The highest BCUT2D eigenvalue weighted by Gasteiger charge is 2.14. The number of aryl methyl sites for hydroxylation is 2. The van der Waals surface area contributed by atoms with Crippen molar-refractivity contribution in [2.24, 2.45) is 0 Å². The number of aromatic nitrogens is 2. The van der Waals surface area contributed by atoms with E-state index in [1.165, 1.54) is 17.8 Å². The molecular formula is C13H13N3O3S. The highest BCUT2D eigenvalue weighted by Crippen LogP contribution is 2.29. The molecule has 0 saturated heterocycles. The molecule has 20 heavy (non-hydrogen) atoms. The predicted octanol–water partition coefficient (Wildman–Crippen LogP) is 2.65. The van der Waals surface area contributed by atoms with Gasteiger partial charge in [-0.15, -0.1) is 0 Å². The molecule has 0 saturated carbocycles. The minimum absolute atomic E-state index is 0.0850. The molecule has 0 unspecified atom stereocenters. The van der Waals surface area contributed by atoms with E-state index in [1.807, 2.05) is 19.9 Å². The summed E-state index contributed by atoms with van der Waals surface area (Å²) in [7, 11) is 0. The van der Waals surface area contributed by atoms with Crippen LogP contribution in [0.5, 0.6) is 0 Å². The number of rotatable bonds is 4. The molecular weight excluding hydrogens is 278 g/mol. The molecule has 1 aromatic carbocycles. The molecule has 0 spiro atoms. The first-order valence-corrected chi connectivity index (χ1v) is 6.69. The Bertz CT molecular complexity index is 641. The van der Waals surface area contributed by atoms with Gasteiger partial charge in [-0.25, -0.2) is 9.97 Å². The smallest absolute Gasteiger partial charge is 0.274 e. The number of nitro groups is 1. The molecule has 0 aliphatic carbocycles. The van der Waals surface area contributed by atoms with Gasteiger partial charge < -0.3 is 5.11 Å². The van der Waals surface area contributed by atoms with Gasteiger partial charge in [0.25, 0.3) is 5.69 Å². The third-order valence-corrected chi connectivity index (χ3v) is 3.44. The highest BCUT2D eigenvalue weighted by molar-refractivity contribution is 7.99. The van der Waals surface area contributed by atoms with Crippen molar-refractivity contribution >= 4 is 17.4 Å². The van der Waals surface area contributed by atoms with Gasteiger partial charge >= 0.3 is 0 Å². The average Bonchev–Trinajstić information content (AvgIpc) is 2.37. The van der Waals surface area contributed by atoms with Gasteiger partial charge in [-0.05, 0) is 43.8 Å². The second-order valence-corrected chi connectivity index (χ2v) is 5.28. The molecule has 0 radical (unpaired) electrons. The Morgan fingerprint density at radius 1 is 1.25 bits per heavy atom. The molecule has 0 amide bonds. The summed E-state index contributed by atoms with van der Waals surface area (Å²) < 4.78 is 0. The van der Waals surface area contributed by atoms with E-state index in [1.54, 1.807) is 12.1 Å². The van der Waals surface area contributed by atoms with Crippen molar-refractivity contribution in [1.29, 1.82) is 0 Å². The second-order valence-electron chi connectivity index (χ2n) is 4.24. The Morgan fingerprint density at radius 3 is 2.45 bits per heavy atom. The fourth-order valence-corrected chi connectivity index (χ4v) is 2.70. The van der Waals surface area contributed by atoms with Gasteiger partial charge in [-0.2, -0.15) is 0 Å². The summed E-state index contributed by atoms with van der Waals surface area (Å²) in [6, 6.07) is 6.47. The maximum atomic E-state index is 10.8. The molecule has 0 fully saturated rings. The fourth-order valence-electron chi connectivity index (χ4n) is 1.77. The quantitative estimate of drug-likeness (QED) is 0.529. The van der Waals surface area contributed by atoms with Gasteiger partial charge in [-0.1, -0.05) is 0 Å². The summed E-state index contributed by atoms with van der Waals surface area (Å²) in [4.78, 5) is 19.6. The van der Waals surface area contributed by atoms with E-state index in [0.29, 0.717) is 5.16 Å². The van der Waals surface area contributed by atoms with Crippen LogP contribution in [0.2, 0.25) is 0 Å². The lowest BCUT2D eigenvalue weighted by atomic mass is 10.2. The zero-order valence-electron chi connectivity index (χ0n) is 11.0. The number of benzene rings is 1. The summed E-state index contributed by atoms with van der Waals surface area (Å²) in [6.07, 6.45) is 0. The summed E-state index contributed by atoms with van der Waals surface area (Å²) in [5, 5.41) is 20.6. The Balaban J connectivity index is 2.32. The van der Waals surface area contributed by atoms with E-state index < -0.39 is 4.92 Å². The first kappa shape index (κ1) is 14.4. The topological polar surface area (TPSA) is 89.2 Å². The minimum Gasteiger partial charge on any atom is -0.391 e. The number of nitro benzene ring substituents is 1. The molecule has 1 heterocycles. The van der Waals surface area contributed by atoms with Gasteiger partial charge in [0.1, 0.15) is 0 Å². The highest BCUT2D eigenvalue weighted by atomic mass is 32.2. The van der Waals surface area contributed by atoms with Crippen molar-refractivity contribution in [2.75, 3.05) is 0 Å². The van der Waals surface area contributed by atoms with Gasteiger partial charge in [0.2, 0.25) is 0 Å². The predicted molar refractivity (Wildman–Crippen MR) is 74.6 cm³/mol. The summed E-state index contributed by atoms with van der Waals surface area (Å²) in [5.74, 6) is 0. The van der Waals surface area contributed by atoms with E-state index in [2.05, 4.69) is 9.97 Å². The first-order valence-electron chi connectivity index (χ1n) is 5.88. The lowest BCUT2D eigenvalue weighted by molar-refractivity contribution is -0.385. The second kappa shape index (κ2) is 5.98. The maximum Gasteiger partial charge on any atom is 0.274 e. The van der Waals surface area contributed by atoms with Crippen molar-refractivity contribution in [3.8, 4) is 0 Å². The molecule has 2 aromatic rings. The number of hydrogen-bond acceptors (Lipinski definition) is 6. The summed E-state index contributed by atoms with van der Waals surface area (Å²) in [5.41, 5.74) is 1.93. The maximum absolute atomic E-state index is 10.8. The number of aliphatic hydroxyl groups excluding tert-OH is 1. The van der Waals surface area contributed by atoms with Crippen LogP contribution in [0.15, 0.2) is 34.3 Å². The molecule has 0 aliphatic rings. The molecule has 0 atom stereocenters. The van der Waals surface area contributed by atoms with Crippen LogP contribution in [0.1, 0.15) is 17.0 Å². The molecule has 2 rings (SSSR count). The van der Waals surface area contributed by atoms with Crippen LogP contribution in [-0.2, 0) is 6.61 Å². The Morgan fingerprint density at radius 2 is 1.90 bits per heavy atom. The lowest BCUT2D eigenvalue weighted by Crippen LogP contribution is -1.96. The molecule has 1 aromatic heterocycles. The van der Waals surface area contributed by atoms with Gasteiger partial charge in [0.05, 0.1) is 17.1 Å². The monoisotopic (exact) mass is 291 g/mol.